The Morgan fingerprint density at radius 3 is 2.52 bits per heavy atom. The summed E-state index contributed by atoms with van der Waals surface area (Å²) in [4.78, 5) is 19.9. The van der Waals surface area contributed by atoms with Crippen molar-refractivity contribution in [3.8, 4) is 0 Å². The van der Waals surface area contributed by atoms with Gasteiger partial charge in [-0.3, -0.25) is 19.5 Å². The second-order valence-corrected chi connectivity index (χ2v) is 8.94. The van der Waals surface area contributed by atoms with Crippen molar-refractivity contribution in [1.82, 2.24) is 24.6 Å². The van der Waals surface area contributed by atoms with Crippen LogP contribution in [0.2, 0.25) is 0 Å². The first kappa shape index (κ1) is 19.0. The summed E-state index contributed by atoms with van der Waals surface area (Å²) in [6.45, 7) is 6.47. The summed E-state index contributed by atoms with van der Waals surface area (Å²) in [6, 6.07) is 12.2. The maximum absolute atomic E-state index is 13.1. The van der Waals surface area contributed by atoms with Gasteiger partial charge in [0.15, 0.2) is 0 Å². The summed E-state index contributed by atoms with van der Waals surface area (Å²) >= 11 is 0. The standard InChI is InChI=1S/C24H28N6O/c31-24-19-8-4-6-18-7-5-9-20(23(18)19)30(24)17-28-14-12-27(13-15-28)16-22-26-25-21-10-2-1-3-11-29(21)22/h4-9H,1-3,10-17H2. The molecule has 3 aliphatic heterocycles. The van der Waals surface area contributed by atoms with Gasteiger partial charge in [0, 0.05) is 50.1 Å². The van der Waals surface area contributed by atoms with Gasteiger partial charge in [0.05, 0.1) is 18.9 Å². The lowest BCUT2D eigenvalue weighted by Gasteiger charge is -2.36. The van der Waals surface area contributed by atoms with E-state index >= 15 is 0 Å². The van der Waals surface area contributed by atoms with Crippen LogP contribution in [0.4, 0.5) is 5.69 Å². The van der Waals surface area contributed by atoms with Gasteiger partial charge in [-0.25, -0.2) is 0 Å². The molecular formula is C24H28N6O. The highest BCUT2D eigenvalue weighted by Crippen LogP contribution is 2.37. The maximum Gasteiger partial charge on any atom is 0.260 e. The molecule has 7 nitrogen and oxygen atoms in total. The molecular weight excluding hydrogens is 388 g/mol. The number of piperazine rings is 1. The number of anilines is 1. The first-order valence-electron chi connectivity index (χ1n) is 11.5. The molecule has 0 N–H and O–H groups in total. The van der Waals surface area contributed by atoms with E-state index in [-0.39, 0.29) is 5.91 Å². The third-order valence-electron chi connectivity index (χ3n) is 7.01. The molecule has 7 heteroatoms. The minimum atomic E-state index is 0.125. The Morgan fingerprint density at radius 1 is 0.839 bits per heavy atom. The zero-order valence-electron chi connectivity index (χ0n) is 17.8. The number of rotatable bonds is 4. The van der Waals surface area contributed by atoms with Crippen LogP contribution in [0.3, 0.4) is 0 Å². The van der Waals surface area contributed by atoms with Gasteiger partial charge in [-0.2, -0.15) is 0 Å². The number of hydrogen-bond donors (Lipinski definition) is 0. The molecule has 160 valence electrons. The molecule has 1 aromatic heterocycles. The second-order valence-electron chi connectivity index (χ2n) is 8.94. The van der Waals surface area contributed by atoms with Crippen LogP contribution in [0, 0.1) is 0 Å². The predicted octanol–water partition coefficient (Wildman–Crippen LogP) is 2.89. The largest absolute Gasteiger partial charge is 0.314 e. The van der Waals surface area contributed by atoms with E-state index in [1.54, 1.807) is 0 Å². The molecule has 2 aromatic carbocycles. The number of carbonyl (C=O) groups is 1. The van der Waals surface area contributed by atoms with E-state index in [9.17, 15) is 4.79 Å². The Kier molecular flexibility index (Phi) is 4.73. The molecule has 0 unspecified atom stereocenters. The molecule has 0 saturated carbocycles. The summed E-state index contributed by atoms with van der Waals surface area (Å²) in [5.41, 5.74) is 1.88. The topological polar surface area (TPSA) is 57.5 Å². The van der Waals surface area contributed by atoms with Crippen molar-refractivity contribution >= 4 is 22.4 Å². The van der Waals surface area contributed by atoms with Crippen molar-refractivity contribution in [3.63, 3.8) is 0 Å². The first-order chi connectivity index (χ1) is 15.3. The van der Waals surface area contributed by atoms with Crippen LogP contribution in [0.15, 0.2) is 36.4 Å². The smallest absolute Gasteiger partial charge is 0.260 e. The van der Waals surface area contributed by atoms with Crippen LogP contribution in [0.25, 0.3) is 10.8 Å². The molecule has 6 rings (SSSR count). The summed E-state index contributed by atoms with van der Waals surface area (Å²) < 4.78 is 2.35. The fraction of sp³-hybridized carbons (Fsp3) is 0.458. The Hall–Kier alpha value is -2.77. The van der Waals surface area contributed by atoms with E-state index in [4.69, 9.17) is 0 Å². The number of fused-ring (bicyclic) bond motifs is 1. The zero-order chi connectivity index (χ0) is 20.8. The molecule has 3 aromatic rings. The lowest BCUT2D eigenvalue weighted by molar-refractivity contribution is 0.0931. The molecule has 0 bridgehead atoms. The molecule has 1 amide bonds. The molecule has 0 atom stereocenters. The van der Waals surface area contributed by atoms with Crippen molar-refractivity contribution in [3.05, 3.63) is 53.6 Å². The molecule has 0 aliphatic carbocycles. The van der Waals surface area contributed by atoms with E-state index in [1.807, 2.05) is 23.1 Å². The first-order valence-corrected chi connectivity index (χ1v) is 11.5. The predicted molar refractivity (Wildman–Crippen MR) is 120 cm³/mol. The number of amides is 1. The average molecular weight is 417 g/mol. The summed E-state index contributed by atoms with van der Waals surface area (Å²) in [7, 11) is 0. The summed E-state index contributed by atoms with van der Waals surface area (Å²) in [5.74, 6) is 2.40. The second kappa shape index (κ2) is 7.73. The van der Waals surface area contributed by atoms with Crippen LogP contribution in [0.5, 0.6) is 0 Å². The Labute approximate surface area is 182 Å². The highest BCUT2D eigenvalue weighted by atomic mass is 16.2. The van der Waals surface area contributed by atoms with E-state index in [2.05, 4.69) is 42.8 Å². The number of aryl methyl sites for hydroxylation is 1. The number of aromatic nitrogens is 3. The Bertz CT molecular complexity index is 1130. The van der Waals surface area contributed by atoms with Crippen molar-refractivity contribution < 1.29 is 4.79 Å². The van der Waals surface area contributed by atoms with Gasteiger partial charge < -0.3 is 4.57 Å². The van der Waals surface area contributed by atoms with Gasteiger partial charge in [0.2, 0.25) is 0 Å². The van der Waals surface area contributed by atoms with Crippen molar-refractivity contribution in [2.45, 2.75) is 38.8 Å². The minimum absolute atomic E-state index is 0.125. The van der Waals surface area contributed by atoms with Crippen LogP contribution in [-0.4, -0.2) is 63.3 Å². The number of benzene rings is 2. The molecule has 1 saturated heterocycles. The zero-order valence-corrected chi connectivity index (χ0v) is 17.8. The van der Waals surface area contributed by atoms with Crippen molar-refractivity contribution in [1.29, 1.82) is 0 Å². The third kappa shape index (κ3) is 3.32. The van der Waals surface area contributed by atoms with E-state index in [0.717, 1.165) is 79.4 Å². The molecule has 31 heavy (non-hydrogen) atoms. The van der Waals surface area contributed by atoms with Crippen molar-refractivity contribution in [2.24, 2.45) is 0 Å². The lowest BCUT2D eigenvalue weighted by atomic mass is 10.1. The number of hydrogen-bond acceptors (Lipinski definition) is 5. The molecule has 1 fully saturated rings. The quantitative estimate of drug-likeness (QED) is 0.655. The number of carbonyl (C=O) groups excluding carboxylic acids is 1. The Morgan fingerprint density at radius 2 is 1.65 bits per heavy atom. The fourth-order valence-corrected chi connectivity index (χ4v) is 5.27. The summed E-state index contributed by atoms with van der Waals surface area (Å²) in [6.07, 6.45) is 4.79. The van der Waals surface area contributed by atoms with Gasteiger partial charge in [0.25, 0.3) is 5.91 Å². The van der Waals surface area contributed by atoms with E-state index in [1.165, 1.54) is 19.3 Å². The fourth-order valence-electron chi connectivity index (χ4n) is 5.27. The van der Waals surface area contributed by atoms with Crippen molar-refractivity contribution in [2.75, 3.05) is 37.7 Å². The average Bonchev–Trinajstić information content (AvgIpc) is 3.18. The van der Waals surface area contributed by atoms with Crippen LogP contribution < -0.4 is 4.90 Å². The van der Waals surface area contributed by atoms with Gasteiger partial charge in [-0.05, 0) is 30.4 Å². The normalized spacial score (nSPS) is 19.7. The number of nitrogens with zero attached hydrogens (tertiary/aromatic N) is 6. The van der Waals surface area contributed by atoms with Crippen LogP contribution >= 0.6 is 0 Å². The molecule has 0 spiro atoms. The third-order valence-corrected chi connectivity index (χ3v) is 7.01. The highest BCUT2D eigenvalue weighted by Gasteiger charge is 2.31. The SMILES string of the molecule is O=C1c2cccc3cccc(c23)N1CN1CCN(Cc2nnc3n2CCCCC3)CC1. The van der Waals surface area contributed by atoms with Gasteiger partial charge in [0.1, 0.15) is 11.6 Å². The molecule has 0 radical (unpaired) electrons. The minimum Gasteiger partial charge on any atom is -0.314 e. The van der Waals surface area contributed by atoms with E-state index < -0.39 is 0 Å². The monoisotopic (exact) mass is 416 g/mol. The van der Waals surface area contributed by atoms with E-state index in [0.29, 0.717) is 6.67 Å². The molecule has 4 heterocycles. The van der Waals surface area contributed by atoms with Gasteiger partial charge in [-0.15, -0.1) is 10.2 Å². The highest BCUT2D eigenvalue weighted by molar-refractivity contribution is 6.24. The van der Waals surface area contributed by atoms with Gasteiger partial charge in [-0.1, -0.05) is 30.7 Å². The summed E-state index contributed by atoms with van der Waals surface area (Å²) in [5, 5.41) is 11.2. The van der Waals surface area contributed by atoms with Gasteiger partial charge >= 0.3 is 0 Å². The van der Waals surface area contributed by atoms with Crippen LogP contribution in [0.1, 0.15) is 41.3 Å². The Balaban J connectivity index is 1.11. The van der Waals surface area contributed by atoms with Crippen LogP contribution in [-0.2, 0) is 19.5 Å². The lowest BCUT2D eigenvalue weighted by Crippen LogP contribution is -2.50. The maximum atomic E-state index is 13.1. The molecule has 3 aliphatic rings.